The van der Waals surface area contributed by atoms with E-state index in [1.807, 2.05) is 45.9 Å². The molecule has 2 saturated heterocycles. The number of aromatic nitrogens is 2. The first kappa shape index (κ1) is 20.1. The van der Waals surface area contributed by atoms with E-state index in [1.54, 1.807) is 16.7 Å². The van der Waals surface area contributed by atoms with Crippen LogP contribution in [0.25, 0.3) is 4.96 Å². The minimum Gasteiger partial charge on any atom is -0.336 e. The Morgan fingerprint density at radius 1 is 1.07 bits per heavy atom. The van der Waals surface area contributed by atoms with Gasteiger partial charge in [0.05, 0.1) is 10.3 Å². The van der Waals surface area contributed by atoms with Crippen LogP contribution in [0.4, 0.5) is 0 Å². The Balaban J connectivity index is 1.19. The van der Waals surface area contributed by atoms with E-state index in [0.29, 0.717) is 24.2 Å². The van der Waals surface area contributed by atoms with Crippen molar-refractivity contribution in [2.24, 2.45) is 0 Å². The van der Waals surface area contributed by atoms with Gasteiger partial charge in [0.2, 0.25) is 0 Å². The number of carbonyl (C=O) groups excluding carboxylic acids is 1. The molecule has 0 aliphatic carbocycles. The van der Waals surface area contributed by atoms with E-state index in [0.717, 1.165) is 29.3 Å². The number of rotatable bonds is 4. The number of fused-ring (bicyclic) bond motifs is 1. The number of piperazine rings is 1. The fourth-order valence-corrected chi connectivity index (χ4v) is 7.42. The molecule has 3 aromatic rings. The number of carbonyl (C=O) groups is 1. The van der Waals surface area contributed by atoms with Gasteiger partial charge in [-0.3, -0.25) is 18.9 Å². The maximum absolute atomic E-state index is 12.9. The van der Waals surface area contributed by atoms with Crippen molar-refractivity contribution in [1.82, 2.24) is 19.2 Å². The fourth-order valence-electron chi connectivity index (χ4n) is 3.82. The molecule has 2 aliphatic heterocycles. The average molecular weight is 459 g/mol. The van der Waals surface area contributed by atoms with Crippen LogP contribution in [0.3, 0.4) is 0 Å². The van der Waals surface area contributed by atoms with Gasteiger partial charge in [-0.15, -0.1) is 34.9 Å². The fraction of sp³-hybridized carbons (Fsp3) is 0.381. The molecule has 0 atom stereocenters. The molecule has 6 nitrogen and oxygen atoms in total. The molecule has 0 spiro atoms. The first-order valence-corrected chi connectivity index (χ1v) is 13.0. The van der Waals surface area contributed by atoms with Gasteiger partial charge in [0.15, 0.2) is 4.96 Å². The minimum atomic E-state index is -0.0390. The summed E-state index contributed by atoms with van der Waals surface area (Å²) in [5.74, 6) is 2.50. The van der Waals surface area contributed by atoms with Gasteiger partial charge in [0, 0.05) is 67.4 Å². The van der Waals surface area contributed by atoms with Crippen molar-refractivity contribution in [3.05, 3.63) is 69.1 Å². The predicted molar refractivity (Wildman–Crippen MR) is 125 cm³/mol. The van der Waals surface area contributed by atoms with Gasteiger partial charge in [-0.2, -0.15) is 0 Å². The molecular weight excluding hydrogens is 436 g/mol. The minimum absolute atomic E-state index is 0.0390. The average Bonchev–Trinajstić information content (AvgIpc) is 3.46. The van der Waals surface area contributed by atoms with Crippen LogP contribution < -0.4 is 5.56 Å². The SMILES string of the molecule is O=C(c1ccc(C2SCCS2)cc1)N1CCN(Cc2cc(=O)n3ccsc3n2)CC1. The summed E-state index contributed by atoms with van der Waals surface area (Å²) in [5, 5.41) is 1.87. The van der Waals surface area contributed by atoms with E-state index in [2.05, 4.69) is 22.0 Å². The monoisotopic (exact) mass is 458 g/mol. The second kappa shape index (κ2) is 8.74. The van der Waals surface area contributed by atoms with Crippen molar-refractivity contribution in [3.8, 4) is 0 Å². The van der Waals surface area contributed by atoms with Crippen LogP contribution in [0, 0.1) is 0 Å². The van der Waals surface area contributed by atoms with Gasteiger partial charge < -0.3 is 4.90 Å². The summed E-state index contributed by atoms with van der Waals surface area (Å²) in [7, 11) is 0. The standard InChI is InChI=1S/C21H22N4O2S3/c26-18-13-17(22-21-25(18)9-10-30-21)14-23-5-7-24(8-6-23)19(27)15-1-3-16(4-2-15)20-28-11-12-29-20/h1-4,9-10,13,20H,5-8,11-12,14H2. The maximum Gasteiger partial charge on any atom is 0.258 e. The van der Waals surface area contributed by atoms with Crippen LogP contribution in [0.15, 0.2) is 46.7 Å². The molecule has 0 unspecified atom stereocenters. The number of thiazole rings is 1. The van der Waals surface area contributed by atoms with E-state index >= 15 is 0 Å². The van der Waals surface area contributed by atoms with Gasteiger partial charge in [0.25, 0.3) is 11.5 Å². The van der Waals surface area contributed by atoms with Gasteiger partial charge in [0.1, 0.15) is 0 Å². The molecule has 0 N–H and O–H groups in total. The molecule has 0 bridgehead atoms. The van der Waals surface area contributed by atoms with E-state index in [4.69, 9.17) is 0 Å². The molecule has 0 saturated carbocycles. The molecule has 2 fully saturated rings. The zero-order valence-corrected chi connectivity index (χ0v) is 18.8. The Bertz CT molecular complexity index is 1100. The van der Waals surface area contributed by atoms with Crippen LogP contribution >= 0.6 is 34.9 Å². The molecular formula is C21H22N4O2S3. The highest BCUT2D eigenvalue weighted by Crippen LogP contribution is 2.45. The van der Waals surface area contributed by atoms with E-state index in [1.165, 1.54) is 28.4 Å². The summed E-state index contributed by atoms with van der Waals surface area (Å²) >= 11 is 5.42. The third-order valence-corrected chi connectivity index (χ3v) is 9.31. The summed E-state index contributed by atoms with van der Waals surface area (Å²) in [6.45, 7) is 3.58. The molecule has 30 heavy (non-hydrogen) atoms. The molecule has 1 aromatic carbocycles. The lowest BCUT2D eigenvalue weighted by molar-refractivity contribution is 0.0627. The molecule has 9 heteroatoms. The molecule has 2 aromatic heterocycles. The smallest absolute Gasteiger partial charge is 0.258 e. The summed E-state index contributed by atoms with van der Waals surface area (Å²) in [5.41, 5.74) is 2.82. The van der Waals surface area contributed by atoms with E-state index in [9.17, 15) is 9.59 Å². The lowest BCUT2D eigenvalue weighted by Crippen LogP contribution is -2.48. The summed E-state index contributed by atoms with van der Waals surface area (Å²) in [4.78, 5) is 34.6. The molecule has 5 rings (SSSR count). The van der Waals surface area contributed by atoms with Crippen molar-refractivity contribution < 1.29 is 4.79 Å². The first-order valence-electron chi connectivity index (χ1n) is 9.98. The predicted octanol–water partition coefficient (Wildman–Crippen LogP) is 3.19. The third-order valence-electron chi connectivity index (χ3n) is 5.45. The van der Waals surface area contributed by atoms with E-state index < -0.39 is 0 Å². The van der Waals surface area contributed by atoms with Crippen LogP contribution in [0.1, 0.15) is 26.2 Å². The van der Waals surface area contributed by atoms with Crippen molar-refractivity contribution in [3.63, 3.8) is 0 Å². The molecule has 1 amide bonds. The first-order chi connectivity index (χ1) is 14.7. The number of hydrogen-bond acceptors (Lipinski definition) is 7. The lowest BCUT2D eigenvalue weighted by Gasteiger charge is -2.34. The van der Waals surface area contributed by atoms with E-state index in [-0.39, 0.29) is 11.5 Å². The summed E-state index contributed by atoms with van der Waals surface area (Å²) in [6, 6.07) is 9.75. The maximum atomic E-state index is 12.9. The zero-order chi connectivity index (χ0) is 20.5. The molecule has 2 aliphatic rings. The van der Waals surface area contributed by atoms with Crippen molar-refractivity contribution in [2.75, 3.05) is 37.7 Å². The number of amides is 1. The summed E-state index contributed by atoms with van der Waals surface area (Å²) < 4.78 is 2.08. The van der Waals surface area contributed by atoms with Crippen LogP contribution in [-0.2, 0) is 6.54 Å². The molecule has 156 valence electrons. The van der Waals surface area contributed by atoms with Gasteiger partial charge >= 0.3 is 0 Å². The lowest BCUT2D eigenvalue weighted by atomic mass is 10.1. The number of hydrogen-bond donors (Lipinski definition) is 0. The van der Waals surface area contributed by atoms with Crippen molar-refractivity contribution >= 4 is 45.7 Å². The van der Waals surface area contributed by atoms with Crippen LogP contribution in [0.2, 0.25) is 0 Å². The van der Waals surface area contributed by atoms with Crippen molar-refractivity contribution in [1.29, 1.82) is 0 Å². The molecule has 4 heterocycles. The Kier molecular flexibility index (Phi) is 5.86. The number of nitrogens with zero attached hydrogens (tertiary/aromatic N) is 4. The number of benzene rings is 1. The Morgan fingerprint density at radius 3 is 2.53 bits per heavy atom. The third kappa shape index (κ3) is 4.16. The topological polar surface area (TPSA) is 57.9 Å². The quantitative estimate of drug-likeness (QED) is 0.599. The molecule has 0 radical (unpaired) electrons. The highest BCUT2D eigenvalue weighted by atomic mass is 32.2. The highest BCUT2D eigenvalue weighted by Gasteiger charge is 2.24. The Labute approximate surface area is 187 Å². The normalized spacial score (nSPS) is 18.3. The summed E-state index contributed by atoms with van der Waals surface area (Å²) in [6.07, 6.45) is 1.75. The van der Waals surface area contributed by atoms with Crippen LogP contribution in [-0.4, -0.2) is 62.8 Å². The Hall–Kier alpha value is -1.81. The highest BCUT2D eigenvalue weighted by molar-refractivity contribution is 8.19. The van der Waals surface area contributed by atoms with Crippen molar-refractivity contribution in [2.45, 2.75) is 11.1 Å². The van der Waals surface area contributed by atoms with Gasteiger partial charge in [-0.25, -0.2) is 4.98 Å². The Morgan fingerprint density at radius 2 is 1.80 bits per heavy atom. The van der Waals surface area contributed by atoms with Gasteiger partial charge in [-0.1, -0.05) is 12.1 Å². The second-order valence-electron chi connectivity index (χ2n) is 7.41. The van der Waals surface area contributed by atoms with Crippen LogP contribution in [0.5, 0.6) is 0 Å². The second-order valence-corrected chi connectivity index (χ2v) is 11.0. The zero-order valence-electron chi connectivity index (χ0n) is 16.4. The largest absolute Gasteiger partial charge is 0.336 e. The number of thioether (sulfide) groups is 2. The van der Waals surface area contributed by atoms with Gasteiger partial charge in [-0.05, 0) is 17.7 Å².